The van der Waals surface area contributed by atoms with Crippen LogP contribution in [0.1, 0.15) is 39.7 Å². The third kappa shape index (κ3) is 5.49. The summed E-state index contributed by atoms with van der Waals surface area (Å²) in [6.07, 6.45) is 3.07. The summed E-state index contributed by atoms with van der Waals surface area (Å²) in [5.41, 5.74) is 1.24. The van der Waals surface area contributed by atoms with Crippen molar-refractivity contribution in [1.82, 2.24) is 10.3 Å². The number of hydrogen-bond donors (Lipinski definition) is 1. The van der Waals surface area contributed by atoms with Crippen LogP contribution in [0.3, 0.4) is 0 Å². The lowest BCUT2D eigenvalue weighted by molar-refractivity contribution is 0.553. The molecule has 1 unspecified atom stereocenters. The summed E-state index contributed by atoms with van der Waals surface area (Å²) >= 11 is 3.51. The van der Waals surface area contributed by atoms with Crippen LogP contribution in [0.25, 0.3) is 0 Å². The Morgan fingerprint density at radius 1 is 1.37 bits per heavy atom. The van der Waals surface area contributed by atoms with Gasteiger partial charge in [0, 0.05) is 42.4 Å². The zero-order valence-electron chi connectivity index (χ0n) is 12.7. The average molecular weight is 328 g/mol. The number of halogens is 1. The minimum atomic E-state index is 0.478. The number of hydrogen-bond acceptors (Lipinski definition) is 3. The molecule has 1 N–H and O–H groups in total. The van der Waals surface area contributed by atoms with Gasteiger partial charge in [-0.15, -0.1) is 0 Å². The predicted octanol–water partition coefficient (Wildman–Crippen LogP) is 3.82. The van der Waals surface area contributed by atoms with E-state index in [-0.39, 0.29) is 0 Å². The van der Waals surface area contributed by atoms with Gasteiger partial charge in [0.15, 0.2) is 0 Å². The molecule has 0 radical (unpaired) electrons. The lowest BCUT2D eigenvalue weighted by Gasteiger charge is -2.24. The molecule has 0 saturated heterocycles. The van der Waals surface area contributed by atoms with E-state index in [0.29, 0.717) is 12.0 Å². The van der Waals surface area contributed by atoms with Crippen molar-refractivity contribution in [3.05, 3.63) is 22.3 Å². The molecule has 0 saturated carbocycles. The van der Waals surface area contributed by atoms with E-state index in [0.717, 1.165) is 23.4 Å². The van der Waals surface area contributed by atoms with Gasteiger partial charge in [-0.2, -0.15) is 0 Å². The van der Waals surface area contributed by atoms with E-state index < -0.39 is 0 Å². The van der Waals surface area contributed by atoms with Crippen molar-refractivity contribution in [1.29, 1.82) is 0 Å². The quantitative estimate of drug-likeness (QED) is 0.825. The first-order chi connectivity index (χ1) is 8.93. The number of aromatic nitrogens is 1. The van der Waals surface area contributed by atoms with Crippen LogP contribution in [0.2, 0.25) is 0 Å². The Morgan fingerprint density at radius 3 is 2.63 bits per heavy atom. The first-order valence-electron chi connectivity index (χ1n) is 7.03. The van der Waals surface area contributed by atoms with Crippen LogP contribution in [0.15, 0.2) is 16.7 Å². The van der Waals surface area contributed by atoms with Crippen molar-refractivity contribution in [2.45, 2.75) is 46.7 Å². The number of pyridine rings is 1. The Bertz CT molecular complexity index is 393. The molecule has 0 aliphatic rings. The van der Waals surface area contributed by atoms with E-state index >= 15 is 0 Å². The summed E-state index contributed by atoms with van der Waals surface area (Å²) in [7, 11) is 2.13. The lowest BCUT2D eigenvalue weighted by Crippen LogP contribution is -2.28. The van der Waals surface area contributed by atoms with E-state index in [1.54, 1.807) is 0 Å². The Labute approximate surface area is 125 Å². The van der Waals surface area contributed by atoms with Crippen molar-refractivity contribution < 1.29 is 0 Å². The first kappa shape index (κ1) is 16.4. The molecule has 1 heterocycles. The topological polar surface area (TPSA) is 28.2 Å². The van der Waals surface area contributed by atoms with Gasteiger partial charge >= 0.3 is 0 Å². The summed E-state index contributed by atoms with van der Waals surface area (Å²) in [6, 6.07) is 2.64. The number of rotatable bonds is 7. The fourth-order valence-corrected chi connectivity index (χ4v) is 2.32. The third-order valence-corrected chi connectivity index (χ3v) is 3.69. The molecule has 4 heteroatoms. The zero-order chi connectivity index (χ0) is 14.4. The normalized spacial score (nSPS) is 12.8. The van der Waals surface area contributed by atoms with Gasteiger partial charge in [0.05, 0.1) is 0 Å². The molecule has 19 heavy (non-hydrogen) atoms. The molecule has 0 spiro atoms. The summed E-state index contributed by atoms with van der Waals surface area (Å²) in [6.45, 7) is 10.7. The van der Waals surface area contributed by atoms with E-state index in [4.69, 9.17) is 0 Å². The summed E-state index contributed by atoms with van der Waals surface area (Å²) in [4.78, 5) is 6.84. The van der Waals surface area contributed by atoms with Crippen molar-refractivity contribution in [3.63, 3.8) is 0 Å². The zero-order valence-corrected chi connectivity index (χ0v) is 14.3. The highest BCUT2D eigenvalue weighted by atomic mass is 79.9. The van der Waals surface area contributed by atoms with Crippen LogP contribution >= 0.6 is 15.9 Å². The van der Waals surface area contributed by atoms with Crippen LogP contribution in [-0.2, 0) is 6.54 Å². The standard InChI is InChI=1S/C15H26BrN3/c1-6-12(4)10-19(5)15-13(8-17-11(2)3)7-14(16)9-18-15/h7,9,11-12,17H,6,8,10H2,1-5H3. The second-order valence-electron chi connectivity index (χ2n) is 5.57. The lowest BCUT2D eigenvalue weighted by atomic mass is 10.1. The first-order valence-corrected chi connectivity index (χ1v) is 7.82. The molecule has 0 fully saturated rings. The van der Waals surface area contributed by atoms with Gasteiger partial charge in [-0.3, -0.25) is 0 Å². The van der Waals surface area contributed by atoms with Crippen LogP contribution < -0.4 is 10.2 Å². The Morgan fingerprint density at radius 2 is 2.05 bits per heavy atom. The van der Waals surface area contributed by atoms with Gasteiger partial charge in [-0.05, 0) is 27.9 Å². The molecule has 1 aromatic rings. The summed E-state index contributed by atoms with van der Waals surface area (Å²) in [5, 5.41) is 3.46. The number of nitrogens with zero attached hydrogens (tertiary/aromatic N) is 2. The Kier molecular flexibility index (Phi) is 6.80. The van der Waals surface area contributed by atoms with Gasteiger partial charge < -0.3 is 10.2 Å². The van der Waals surface area contributed by atoms with Crippen molar-refractivity contribution >= 4 is 21.7 Å². The summed E-state index contributed by atoms with van der Waals surface area (Å²) in [5.74, 6) is 1.76. The maximum Gasteiger partial charge on any atom is 0.132 e. The second-order valence-corrected chi connectivity index (χ2v) is 6.48. The number of anilines is 1. The molecule has 0 aliphatic heterocycles. The van der Waals surface area contributed by atoms with Gasteiger partial charge in [-0.25, -0.2) is 4.98 Å². The van der Waals surface area contributed by atoms with E-state index in [1.807, 2.05) is 6.20 Å². The monoisotopic (exact) mass is 327 g/mol. The number of nitrogens with one attached hydrogen (secondary N) is 1. The molecular weight excluding hydrogens is 302 g/mol. The predicted molar refractivity (Wildman–Crippen MR) is 86.6 cm³/mol. The molecule has 0 bridgehead atoms. The third-order valence-electron chi connectivity index (χ3n) is 3.25. The smallest absolute Gasteiger partial charge is 0.132 e. The van der Waals surface area contributed by atoms with Crippen LogP contribution in [0.5, 0.6) is 0 Å². The van der Waals surface area contributed by atoms with E-state index in [2.05, 4.69) is 71.9 Å². The average Bonchev–Trinajstić information content (AvgIpc) is 2.36. The van der Waals surface area contributed by atoms with Crippen molar-refractivity contribution in [2.75, 3.05) is 18.5 Å². The van der Waals surface area contributed by atoms with Gasteiger partial charge in [-0.1, -0.05) is 34.1 Å². The van der Waals surface area contributed by atoms with Crippen LogP contribution in [0.4, 0.5) is 5.82 Å². The van der Waals surface area contributed by atoms with Crippen molar-refractivity contribution in [3.8, 4) is 0 Å². The van der Waals surface area contributed by atoms with Crippen LogP contribution in [0, 0.1) is 5.92 Å². The summed E-state index contributed by atoms with van der Waals surface area (Å²) < 4.78 is 1.04. The minimum Gasteiger partial charge on any atom is -0.359 e. The molecule has 0 aromatic carbocycles. The second kappa shape index (κ2) is 7.85. The SMILES string of the molecule is CCC(C)CN(C)c1ncc(Br)cc1CNC(C)C. The van der Waals surface area contributed by atoms with E-state index in [1.165, 1.54) is 12.0 Å². The van der Waals surface area contributed by atoms with Gasteiger partial charge in [0.1, 0.15) is 5.82 Å². The highest BCUT2D eigenvalue weighted by Crippen LogP contribution is 2.22. The molecule has 1 atom stereocenters. The Balaban J connectivity index is 2.85. The molecule has 1 aromatic heterocycles. The Hall–Kier alpha value is -0.610. The van der Waals surface area contributed by atoms with Crippen molar-refractivity contribution in [2.24, 2.45) is 5.92 Å². The molecule has 0 aliphatic carbocycles. The van der Waals surface area contributed by atoms with Gasteiger partial charge in [0.2, 0.25) is 0 Å². The molecule has 0 amide bonds. The highest BCUT2D eigenvalue weighted by Gasteiger charge is 2.12. The fourth-order valence-electron chi connectivity index (χ4n) is 1.94. The molecular formula is C15H26BrN3. The molecule has 1 rings (SSSR count). The molecule has 3 nitrogen and oxygen atoms in total. The minimum absolute atomic E-state index is 0.478. The molecule has 108 valence electrons. The maximum absolute atomic E-state index is 4.58. The fraction of sp³-hybridized carbons (Fsp3) is 0.667. The van der Waals surface area contributed by atoms with Gasteiger partial charge in [0.25, 0.3) is 0 Å². The largest absolute Gasteiger partial charge is 0.359 e. The highest BCUT2D eigenvalue weighted by molar-refractivity contribution is 9.10. The van der Waals surface area contributed by atoms with Crippen LogP contribution in [-0.4, -0.2) is 24.6 Å². The van der Waals surface area contributed by atoms with E-state index in [9.17, 15) is 0 Å². The maximum atomic E-state index is 4.58.